The molecule has 2 amide bonds. The van der Waals surface area contributed by atoms with Crippen molar-refractivity contribution in [1.82, 2.24) is 5.48 Å². The van der Waals surface area contributed by atoms with Gasteiger partial charge in [-0.05, 0) is 12.1 Å². The summed E-state index contributed by atoms with van der Waals surface area (Å²) in [7, 11) is 0. The molecule has 1 aromatic carbocycles. The molecule has 2 N–H and O–H groups in total. The van der Waals surface area contributed by atoms with Gasteiger partial charge in [-0.25, -0.2) is 10.3 Å². The number of anilines is 1. The molecule has 0 saturated heterocycles. The number of carbonyl (C=O) groups excluding carboxylic acids is 1. The lowest BCUT2D eigenvalue weighted by Crippen LogP contribution is -2.29. The van der Waals surface area contributed by atoms with Gasteiger partial charge in [0.1, 0.15) is 0 Å². The number of carbonyl (C=O) groups is 1. The van der Waals surface area contributed by atoms with Crippen LogP contribution in [0.3, 0.4) is 0 Å². The second-order valence-electron chi connectivity index (χ2n) is 2.46. The van der Waals surface area contributed by atoms with E-state index >= 15 is 0 Å². The number of amides is 2. The van der Waals surface area contributed by atoms with Crippen LogP contribution in [0.5, 0.6) is 0 Å². The van der Waals surface area contributed by atoms with Crippen molar-refractivity contribution in [3.8, 4) is 0 Å². The first-order valence-electron chi connectivity index (χ1n) is 4.12. The lowest BCUT2D eigenvalue weighted by Gasteiger charge is -2.06. The van der Waals surface area contributed by atoms with Crippen molar-refractivity contribution < 1.29 is 9.63 Å². The molecule has 0 radical (unpaired) electrons. The standard InChI is InChI=1S/C9H11ClN2O2/c10-6-7-14-12-9(13)11-8-4-2-1-3-5-8/h1-5H,6-7H2,(H2,11,12,13). The molecule has 0 atom stereocenters. The van der Waals surface area contributed by atoms with Gasteiger partial charge in [-0.2, -0.15) is 0 Å². The molecule has 0 fully saturated rings. The lowest BCUT2D eigenvalue weighted by atomic mass is 10.3. The number of rotatable bonds is 4. The predicted molar refractivity (Wildman–Crippen MR) is 55.3 cm³/mol. The predicted octanol–water partition coefficient (Wildman–Crippen LogP) is 1.98. The van der Waals surface area contributed by atoms with E-state index in [1.165, 1.54) is 0 Å². The topological polar surface area (TPSA) is 50.4 Å². The molecule has 0 spiro atoms. The minimum absolute atomic E-state index is 0.282. The summed E-state index contributed by atoms with van der Waals surface area (Å²) >= 11 is 5.35. The zero-order valence-corrected chi connectivity index (χ0v) is 8.25. The Hall–Kier alpha value is -1.26. The Morgan fingerprint density at radius 3 is 2.71 bits per heavy atom. The van der Waals surface area contributed by atoms with E-state index in [0.717, 1.165) is 0 Å². The van der Waals surface area contributed by atoms with Gasteiger partial charge in [-0.15, -0.1) is 11.6 Å². The van der Waals surface area contributed by atoms with Crippen molar-refractivity contribution in [1.29, 1.82) is 0 Å². The Labute approximate surface area is 87.2 Å². The summed E-state index contributed by atoms with van der Waals surface area (Å²) in [5.41, 5.74) is 2.91. The molecule has 14 heavy (non-hydrogen) atoms. The molecule has 1 rings (SSSR count). The first kappa shape index (κ1) is 10.8. The number of nitrogens with one attached hydrogen (secondary N) is 2. The van der Waals surface area contributed by atoms with E-state index in [1.807, 2.05) is 18.2 Å². The molecule has 0 heterocycles. The minimum atomic E-state index is -0.415. The highest BCUT2D eigenvalue weighted by molar-refractivity contribution is 6.17. The van der Waals surface area contributed by atoms with Crippen LogP contribution in [0.1, 0.15) is 0 Å². The van der Waals surface area contributed by atoms with E-state index in [-0.39, 0.29) is 6.61 Å². The molecule has 0 aliphatic heterocycles. The molecular weight excluding hydrogens is 204 g/mol. The zero-order valence-electron chi connectivity index (χ0n) is 7.50. The highest BCUT2D eigenvalue weighted by Crippen LogP contribution is 2.03. The summed E-state index contributed by atoms with van der Waals surface area (Å²) in [6.07, 6.45) is 0. The van der Waals surface area contributed by atoms with Crippen LogP contribution in [0.4, 0.5) is 10.5 Å². The second kappa shape index (κ2) is 6.23. The van der Waals surface area contributed by atoms with Crippen molar-refractivity contribution in [3.05, 3.63) is 30.3 Å². The average molecular weight is 215 g/mol. The van der Waals surface area contributed by atoms with Crippen LogP contribution >= 0.6 is 11.6 Å². The summed E-state index contributed by atoms with van der Waals surface area (Å²) < 4.78 is 0. The van der Waals surface area contributed by atoms with Gasteiger partial charge in [0.15, 0.2) is 0 Å². The SMILES string of the molecule is O=C(NOCCCl)Nc1ccccc1. The smallest absolute Gasteiger partial charge is 0.306 e. The number of hydrogen-bond donors (Lipinski definition) is 2. The molecule has 0 bridgehead atoms. The Bertz CT molecular complexity index is 279. The van der Waals surface area contributed by atoms with Gasteiger partial charge in [0, 0.05) is 11.6 Å². The largest absolute Gasteiger partial charge is 0.343 e. The maximum absolute atomic E-state index is 11.1. The summed E-state index contributed by atoms with van der Waals surface area (Å²) in [6, 6.07) is 8.67. The summed E-state index contributed by atoms with van der Waals surface area (Å²) in [5.74, 6) is 0.339. The molecule has 1 aromatic rings. The van der Waals surface area contributed by atoms with E-state index in [0.29, 0.717) is 11.6 Å². The van der Waals surface area contributed by atoms with Crippen molar-refractivity contribution in [2.45, 2.75) is 0 Å². The number of alkyl halides is 1. The van der Waals surface area contributed by atoms with E-state index in [4.69, 9.17) is 16.4 Å². The number of hydroxylamine groups is 1. The first-order valence-corrected chi connectivity index (χ1v) is 4.66. The van der Waals surface area contributed by atoms with Gasteiger partial charge in [-0.1, -0.05) is 18.2 Å². The second-order valence-corrected chi connectivity index (χ2v) is 2.84. The number of benzene rings is 1. The van der Waals surface area contributed by atoms with Gasteiger partial charge in [0.25, 0.3) is 0 Å². The minimum Gasteiger partial charge on any atom is -0.306 e. The van der Waals surface area contributed by atoms with Crippen molar-refractivity contribution in [3.63, 3.8) is 0 Å². The molecule has 5 heteroatoms. The molecule has 0 unspecified atom stereocenters. The highest BCUT2D eigenvalue weighted by atomic mass is 35.5. The number of hydrogen-bond acceptors (Lipinski definition) is 2. The van der Waals surface area contributed by atoms with Crippen LogP contribution in [0.15, 0.2) is 30.3 Å². The molecule has 0 saturated carbocycles. The Morgan fingerprint density at radius 2 is 2.07 bits per heavy atom. The summed E-state index contributed by atoms with van der Waals surface area (Å²) in [6.45, 7) is 0.282. The van der Waals surface area contributed by atoms with Gasteiger partial charge in [0.05, 0.1) is 6.61 Å². The average Bonchev–Trinajstić information content (AvgIpc) is 2.20. The Kier molecular flexibility index (Phi) is 4.82. The zero-order chi connectivity index (χ0) is 10.2. The maximum atomic E-state index is 11.1. The summed E-state index contributed by atoms with van der Waals surface area (Å²) in [4.78, 5) is 15.8. The number of halogens is 1. The first-order chi connectivity index (χ1) is 6.83. The number of urea groups is 1. The maximum Gasteiger partial charge on any atom is 0.343 e. The fourth-order valence-electron chi connectivity index (χ4n) is 0.833. The van der Waals surface area contributed by atoms with Crippen LogP contribution < -0.4 is 10.8 Å². The quantitative estimate of drug-likeness (QED) is 0.458. The molecule has 76 valence electrons. The van der Waals surface area contributed by atoms with E-state index < -0.39 is 6.03 Å². The third kappa shape index (κ3) is 4.11. The van der Waals surface area contributed by atoms with Crippen LogP contribution in [0.25, 0.3) is 0 Å². The fraction of sp³-hybridized carbons (Fsp3) is 0.222. The molecule has 4 nitrogen and oxygen atoms in total. The van der Waals surface area contributed by atoms with Gasteiger partial charge in [0.2, 0.25) is 0 Å². The highest BCUT2D eigenvalue weighted by Gasteiger charge is 1.99. The third-order valence-electron chi connectivity index (χ3n) is 1.38. The van der Waals surface area contributed by atoms with Crippen LogP contribution in [0.2, 0.25) is 0 Å². The van der Waals surface area contributed by atoms with Crippen LogP contribution in [-0.4, -0.2) is 18.5 Å². The Balaban J connectivity index is 2.27. The van der Waals surface area contributed by atoms with E-state index in [9.17, 15) is 4.79 Å². The van der Waals surface area contributed by atoms with E-state index in [1.54, 1.807) is 12.1 Å². The lowest BCUT2D eigenvalue weighted by molar-refractivity contribution is 0.0772. The van der Waals surface area contributed by atoms with Crippen LogP contribution in [-0.2, 0) is 4.84 Å². The molecule has 0 aliphatic carbocycles. The molecular formula is C9H11ClN2O2. The Morgan fingerprint density at radius 1 is 1.36 bits per heavy atom. The van der Waals surface area contributed by atoms with Crippen molar-refractivity contribution in [2.75, 3.05) is 17.8 Å². The van der Waals surface area contributed by atoms with Crippen molar-refractivity contribution >= 4 is 23.3 Å². The number of para-hydroxylation sites is 1. The third-order valence-corrected chi connectivity index (χ3v) is 1.53. The fourth-order valence-corrected chi connectivity index (χ4v) is 0.910. The van der Waals surface area contributed by atoms with Gasteiger partial charge >= 0.3 is 6.03 Å². The monoisotopic (exact) mass is 214 g/mol. The van der Waals surface area contributed by atoms with Crippen molar-refractivity contribution in [2.24, 2.45) is 0 Å². The summed E-state index contributed by atoms with van der Waals surface area (Å²) in [5, 5.41) is 2.58. The normalized spacial score (nSPS) is 9.50. The van der Waals surface area contributed by atoms with Gasteiger partial charge < -0.3 is 5.32 Å². The van der Waals surface area contributed by atoms with Crippen LogP contribution in [0, 0.1) is 0 Å². The van der Waals surface area contributed by atoms with E-state index in [2.05, 4.69) is 10.8 Å². The molecule has 0 aromatic heterocycles. The molecule has 0 aliphatic rings. The van der Waals surface area contributed by atoms with Gasteiger partial charge in [-0.3, -0.25) is 4.84 Å².